The number of benzene rings is 1. The number of phenolic OH excluding ortho intramolecular Hbond substituents is 1. The van der Waals surface area contributed by atoms with Crippen molar-refractivity contribution < 1.29 is 36.6 Å². The standard InChI is InChI=1S/C17H19F3N5O5PS/c1-28-31(27,30-8-17(18,19)20)10-29-6-5-25-9-22-13-14(25)23-16(21)24-15(13)32-12-4-2-3-11(26)7-12/h2-4,7,9,26H,5-6,8,10H2,1H3,(H2,21,23,24). The predicted molar refractivity (Wildman–Crippen MR) is 109 cm³/mol. The van der Waals surface area contributed by atoms with Crippen molar-refractivity contribution in [2.24, 2.45) is 0 Å². The number of fused-ring (bicyclic) bond motifs is 1. The van der Waals surface area contributed by atoms with Crippen LogP contribution in [0, 0.1) is 0 Å². The fourth-order valence-corrected chi connectivity index (χ4v) is 4.39. The van der Waals surface area contributed by atoms with Crippen molar-refractivity contribution in [2.45, 2.75) is 22.6 Å². The van der Waals surface area contributed by atoms with Gasteiger partial charge in [0, 0.05) is 18.6 Å². The molecule has 0 saturated heterocycles. The fourth-order valence-electron chi connectivity index (χ4n) is 2.48. The average Bonchev–Trinajstić information content (AvgIpc) is 3.12. The molecule has 32 heavy (non-hydrogen) atoms. The minimum atomic E-state index is -4.64. The molecule has 2 heterocycles. The Labute approximate surface area is 184 Å². The van der Waals surface area contributed by atoms with E-state index in [9.17, 15) is 22.8 Å². The van der Waals surface area contributed by atoms with E-state index in [1.54, 1.807) is 28.8 Å². The summed E-state index contributed by atoms with van der Waals surface area (Å²) in [6.07, 6.45) is -3.82. The Balaban J connectivity index is 1.66. The number of halogens is 3. The molecule has 0 bridgehead atoms. The second-order valence-electron chi connectivity index (χ2n) is 6.32. The molecule has 1 unspecified atom stereocenters. The van der Waals surface area contributed by atoms with E-state index in [1.807, 2.05) is 0 Å². The summed E-state index contributed by atoms with van der Waals surface area (Å²) in [4.78, 5) is 13.4. The van der Waals surface area contributed by atoms with Crippen molar-refractivity contribution in [3.05, 3.63) is 30.6 Å². The third-order valence-electron chi connectivity index (χ3n) is 3.91. The molecule has 1 atom stereocenters. The lowest BCUT2D eigenvalue weighted by molar-refractivity contribution is -0.155. The molecule has 15 heteroatoms. The third-order valence-corrected chi connectivity index (χ3v) is 6.46. The second kappa shape index (κ2) is 10.0. The molecule has 3 aromatic rings. The van der Waals surface area contributed by atoms with Crippen LogP contribution in [0.2, 0.25) is 0 Å². The van der Waals surface area contributed by atoms with Gasteiger partial charge in [0.25, 0.3) is 0 Å². The summed E-state index contributed by atoms with van der Waals surface area (Å²) in [5.74, 6) is 0.107. The number of nitrogen functional groups attached to an aromatic ring is 1. The minimum Gasteiger partial charge on any atom is -0.508 e. The van der Waals surface area contributed by atoms with Crippen molar-refractivity contribution >= 4 is 36.5 Å². The van der Waals surface area contributed by atoms with Crippen LogP contribution in [0.3, 0.4) is 0 Å². The Morgan fingerprint density at radius 1 is 1.31 bits per heavy atom. The molecule has 10 nitrogen and oxygen atoms in total. The van der Waals surface area contributed by atoms with E-state index < -0.39 is 26.7 Å². The summed E-state index contributed by atoms with van der Waals surface area (Å²) in [6, 6.07) is 6.58. The predicted octanol–water partition coefficient (Wildman–Crippen LogP) is 3.66. The van der Waals surface area contributed by atoms with Crippen molar-refractivity contribution in [1.82, 2.24) is 19.5 Å². The Morgan fingerprint density at radius 2 is 2.09 bits per heavy atom. The van der Waals surface area contributed by atoms with E-state index in [2.05, 4.69) is 24.0 Å². The number of hydrogen-bond donors (Lipinski definition) is 2. The highest BCUT2D eigenvalue weighted by Gasteiger charge is 2.34. The number of anilines is 1. The summed E-state index contributed by atoms with van der Waals surface area (Å²) < 4.78 is 64.7. The number of hydrogen-bond acceptors (Lipinski definition) is 10. The zero-order chi connectivity index (χ0) is 23.4. The van der Waals surface area contributed by atoms with Gasteiger partial charge < -0.3 is 24.7 Å². The zero-order valence-electron chi connectivity index (χ0n) is 16.7. The number of alkyl halides is 3. The van der Waals surface area contributed by atoms with Crippen LogP contribution in [0.5, 0.6) is 5.75 Å². The molecule has 0 fully saturated rings. The summed E-state index contributed by atoms with van der Waals surface area (Å²) in [5.41, 5.74) is 6.69. The molecule has 3 N–H and O–H groups in total. The van der Waals surface area contributed by atoms with Crippen LogP contribution < -0.4 is 5.73 Å². The molecular weight excluding hydrogens is 474 g/mol. The van der Waals surface area contributed by atoms with E-state index in [-0.39, 0.29) is 24.8 Å². The van der Waals surface area contributed by atoms with Gasteiger partial charge in [0.2, 0.25) is 5.95 Å². The Kier molecular flexibility index (Phi) is 7.62. The molecule has 0 radical (unpaired) electrons. The second-order valence-corrected chi connectivity index (χ2v) is 9.48. The quantitative estimate of drug-likeness (QED) is 0.245. The Hall–Kier alpha value is -2.38. The number of aromatic hydroxyl groups is 1. The van der Waals surface area contributed by atoms with E-state index in [1.165, 1.54) is 18.1 Å². The third kappa shape index (κ3) is 6.56. The van der Waals surface area contributed by atoms with Crippen molar-refractivity contribution in [3.63, 3.8) is 0 Å². The maximum absolute atomic E-state index is 12.3. The highest BCUT2D eigenvalue weighted by Crippen LogP contribution is 2.48. The first kappa shape index (κ1) is 24.3. The normalized spacial score (nSPS) is 14.0. The van der Waals surface area contributed by atoms with Gasteiger partial charge in [0.05, 0.1) is 12.9 Å². The van der Waals surface area contributed by atoms with Crippen LogP contribution in [-0.4, -0.2) is 57.5 Å². The van der Waals surface area contributed by atoms with Gasteiger partial charge in [-0.1, -0.05) is 17.8 Å². The smallest absolute Gasteiger partial charge is 0.412 e. The van der Waals surface area contributed by atoms with Crippen LogP contribution in [0.4, 0.5) is 19.1 Å². The summed E-state index contributed by atoms with van der Waals surface area (Å²) >= 11 is 1.24. The SMILES string of the molecule is COP(=O)(COCCn1cnc2c(Sc3cccc(O)c3)nc(N)nc21)OCC(F)(F)F. The van der Waals surface area contributed by atoms with Gasteiger partial charge in [0.1, 0.15) is 22.6 Å². The van der Waals surface area contributed by atoms with Gasteiger partial charge in [0.15, 0.2) is 12.3 Å². The summed E-state index contributed by atoms with van der Waals surface area (Å²) in [7, 11) is -3.07. The maximum Gasteiger partial charge on any atom is 0.412 e. The lowest BCUT2D eigenvalue weighted by atomic mass is 10.3. The summed E-state index contributed by atoms with van der Waals surface area (Å²) in [5, 5.41) is 10.1. The zero-order valence-corrected chi connectivity index (χ0v) is 18.4. The van der Waals surface area contributed by atoms with Crippen LogP contribution in [0.15, 0.2) is 40.5 Å². The molecular formula is C17H19F3N5O5PS. The molecule has 0 saturated carbocycles. The van der Waals surface area contributed by atoms with Crippen molar-refractivity contribution in [2.75, 3.05) is 32.4 Å². The van der Waals surface area contributed by atoms with Crippen LogP contribution in [-0.2, 0) is 24.9 Å². The number of nitrogens with zero attached hydrogens (tertiary/aromatic N) is 4. The minimum absolute atomic E-state index is 0.00672. The number of rotatable bonds is 10. The number of aromatic nitrogens is 4. The van der Waals surface area contributed by atoms with Crippen LogP contribution >= 0.6 is 19.4 Å². The van der Waals surface area contributed by atoms with E-state index in [0.29, 0.717) is 16.2 Å². The van der Waals surface area contributed by atoms with Crippen molar-refractivity contribution in [3.8, 4) is 5.75 Å². The molecule has 0 aliphatic carbocycles. The highest BCUT2D eigenvalue weighted by atomic mass is 32.2. The molecule has 3 rings (SSSR count). The van der Waals surface area contributed by atoms with E-state index in [4.69, 9.17) is 10.5 Å². The van der Waals surface area contributed by atoms with Gasteiger partial charge in [-0.15, -0.1) is 0 Å². The van der Waals surface area contributed by atoms with E-state index >= 15 is 0 Å². The number of ether oxygens (including phenoxy) is 1. The molecule has 0 amide bonds. The molecule has 2 aromatic heterocycles. The largest absolute Gasteiger partial charge is 0.508 e. The lowest BCUT2D eigenvalue weighted by Crippen LogP contribution is -2.17. The maximum atomic E-state index is 12.3. The number of imidazole rings is 1. The van der Waals surface area contributed by atoms with E-state index in [0.717, 1.165) is 12.0 Å². The van der Waals surface area contributed by atoms with Crippen LogP contribution in [0.1, 0.15) is 0 Å². The first-order valence-electron chi connectivity index (χ1n) is 8.97. The Bertz CT molecular complexity index is 1130. The van der Waals surface area contributed by atoms with Crippen molar-refractivity contribution in [1.29, 1.82) is 0 Å². The fraction of sp³-hybridized carbons (Fsp3) is 0.353. The topological polar surface area (TPSA) is 135 Å². The first-order valence-corrected chi connectivity index (χ1v) is 11.5. The molecule has 0 spiro atoms. The van der Waals surface area contributed by atoms with Crippen LogP contribution in [0.25, 0.3) is 11.2 Å². The highest BCUT2D eigenvalue weighted by molar-refractivity contribution is 7.99. The van der Waals surface area contributed by atoms with Gasteiger partial charge in [-0.25, -0.2) is 9.97 Å². The molecule has 174 valence electrons. The lowest BCUT2D eigenvalue weighted by Gasteiger charge is -2.17. The first-order chi connectivity index (χ1) is 15.1. The molecule has 0 aliphatic heterocycles. The van der Waals surface area contributed by atoms with Gasteiger partial charge >= 0.3 is 13.8 Å². The van der Waals surface area contributed by atoms with Gasteiger partial charge in [-0.05, 0) is 18.2 Å². The number of phenols is 1. The number of nitrogens with two attached hydrogens (primary N) is 1. The monoisotopic (exact) mass is 493 g/mol. The summed E-state index contributed by atoms with van der Waals surface area (Å²) in [6.45, 7) is -1.55. The van der Waals surface area contributed by atoms with Gasteiger partial charge in [-0.2, -0.15) is 18.2 Å². The molecule has 0 aliphatic rings. The van der Waals surface area contributed by atoms with Gasteiger partial charge in [-0.3, -0.25) is 9.09 Å². The molecule has 1 aromatic carbocycles. The average molecular weight is 493 g/mol. The Morgan fingerprint density at radius 3 is 2.78 bits per heavy atom.